The number of nitrogens with one attached hydrogen (secondary N) is 1. The van der Waals surface area contributed by atoms with Crippen molar-refractivity contribution in [3.05, 3.63) is 54.0 Å². The zero-order valence-corrected chi connectivity index (χ0v) is 14.1. The van der Waals surface area contributed by atoms with Crippen molar-refractivity contribution in [3.8, 4) is 0 Å². The Kier molecular flexibility index (Phi) is 3.36. The predicted octanol–water partition coefficient (Wildman–Crippen LogP) is 2.72. The number of rotatable bonds is 4. The van der Waals surface area contributed by atoms with Gasteiger partial charge in [0, 0.05) is 37.5 Å². The summed E-state index contributed by atoms with van der Waals surface area (Å²) in [5.41, 5.74) is 3.84. The van der Waals surface area contributed by atoms with E-state index in [-0.39, 0.29) is 11.9 Å². The number of carbonyl (C=O) groups excluding carboxylic acids is 1. The third kappa shape index (κ3) is 2.62. The summed E-state index contributed by atoms with van der Waals surface area (Å²) in [6, 6.07) is 5.75. The molecule has 128 valence electrons. The van der Waals surface area contributed by atoms with Gasteiger partial charge in [-0.2, -0.15) is 0 Å². The number of H-pyrrole nitrogens is 1. The summed E-state index contributed by atoms with van der Waals surface area (Å²) in [4.78, 5) is 27.4. The van der Waals surface area contributed by atoms with Crippen molar-refractivity contribution in [2.45, 2.75) is 38.1 Å². The second-order valence-electron chi connectivity index (χ2n) is 7.12. The van der Waals surface area contributed by atoms with Gasteiger partial charge in [0.05, 0.1) is 17.7 Å². The van der Waals surface area contributed by atoms with Gasteiger partial charge in [-0.1, -0.05) is 18.9 Å². The molecule has 0 saturated heterocycles. The molecule has 1 fully saturated rings. The molecule has 0 aromatic carbocycles. The number of pyridine rings is 1. The topological polar surface area (TPSA) is 66.3 Å². The van der Waals surface area contributed by atoms with E-state index < -0.39 is 0 Å². The van der Waals surface area contributed by atoms with Crippen molar-refractivity contribution in [2.75, 3.05) is 6.54 Å². The molecule has 0 unspecified atom stereocenters. The molecule has 3 aromatic heterocycles. The van der Waals surface area contributed by atoms with E-state index in [0.717, 1.165) is 48.0 Å². The second-order valence-corrected chi connectivity index (χ2v) is 7.12. The molecule has 1 saturated carbocycles. The van der Waals surface area contributed by atoms with E-state index in [4.69, 9.17) is 4.98 Å². The van der Waals surface area contributed by atoms with Crippen LogP contribution in [0.15, 0.2) is 36.9 Å². The largest absolute Gasteiger partial charge is 0.348 e. The quantitative estimate of drug-likeness (QED) is 0.797. The van der Waals surface area contributed by atoms with E-state index in [2.05, 4.69) is 9.97 Å². The van der Waals surface area contributed by atoms with Crippen LogP contribution >= 0.6 is 0 Å². The van der Waals surface area contributed by atoms with Crippen LogP contribution in [-0.4, -0.2) is 36.7 Å². The first-order valence-electron chi connectivity index (χ1n) is 9.05. The van der Waals surface area contributed by atoms with E-state index in [1.807, 2.05) is 39.9 Å². The van der Waals surface area contributed by atoms with Crippen molar-refractivity contribution in [1.29, 1.82) is 0 Å². The van der Waals surface area contributed by atoms with Crippen molar-refractivity contribution in [1.82, 2.24) is 24.3 Å². The average Bonchev–Trinajstić information content (AvgIpc) is 3.17. The minimum absolute atomic E-state index is 0.193. The Morgan fingerprint density at radius 1 is 1.32 bits per heavy atom. The highest BCUT2D eigenvalue weighted by Gasteiger charge is 2.36. The van der Waals surface area contributed by atoms with Crippen LogP contribution in [0.1, 0.15) is 48.8 Å². The lowest BCUT2D eigenvalue weighted by atomic mass is 9.99. The number of amides is 1. The van der Waals surface area contributed by atoms with Crippen molar-refractivity contribution in [3.63, 3.8) is 0 Å². The SMILES string of the molecule is O=C(CCC1CC1)N1CCc2[nH]cnc2[C@H]1c1cn2ccccc2n1. The first-order chi connectivity index (χ1) is 12.3. The number of aromatic nitrogens is 4. The molecule has 6 nitrogen and oxygen atoms in total. The van der Waals surface area contributed by atoms with Crippen LogP contribution < -0.4 is 0 Å². The van der Waals surface area contributed by atoms with Crippen LogP contribution in [-0.2, 0) is 11.2 Å². The van der Waals surface area contributed by atoms with Crippen LogP contribution in [0.3, 0.4) is 0 Å². The standard InChI is InChI=1S/C19H21N5O/c25-17(7-6-13-4-5-13)24-10-8-14-18(21-12-20-14)19(24)15-11-23-9-2-1-3-16(23)22-15/h1-3,9,11-13,19H,4-8,10H2,(H,20,21)/t19-/m1/s1. The molecule has 25 heavy (non-hydrogen) atoms. The van der Waals surface area contributed by atoms with Crippen LogP contribution in [0.2, 0.25) is 0 Å². The van der Waals surface area contributed by atoms with Crippen LogP contribution in [0.4, 0.5) is 0 Å². The lowest BCUT2D eigenvalue weighted by Crippen LogP contribution is -2.40. The molecule has 6 heteroatoms. The number of nitrogens with zero attached hydrogens (tertiary/aromatic N) is 4. The number of hydrogen-bond acceptors (Lipinski definition) is 3. The molecule has 2 aliphatic rings. The highest BCUT2D eigenvalue weighted by atomic mass is 16.2. The fourth-order valence-electron chi connectivity index (χ4n) is 3.81. The highest BCUT2D eigenvalue weighted by Crippen LogP contribution is 2.36. The van der Waals surface area contributed by atoms with Gasteiger partial charge in [0.2, 0.25) is 5.91 Å². The Morgan fingerprint density at radius 3 is 3.08 bits per heavy atom. The summed E-state index contributed by atoms with van der Waals surface area (Å²) in [5, 5.41) is 0. The highest BCUT2D eigenvalue weighted by molar-refractivity contribution is 5.77. The first kappa shape index (κ1) is 14.7. The van der Waals surface area contributed by atoms with Gasteiger partial charge in [0.1, 0.15) is 11.7 Å². The summed E-state index contributed by atoms with van der Waals surface area (Å²) >= 11 is 0. The Morgan fingerprint density at radius 2 is 2.24 bits per heavy atom. The molecule has 1 atom stereocenters. The molecule has 0 spiro atoms. The molecular weight excluding hydrogens is 314 g/mol. The second kappa shape index (κ2) is 5.72. The van der Waals surface area contributed by atoms with Gasteiger partial charge in [-0.3, -0.25) is 4.79 Å². The first-order valence-corrected chi connectivity index (χ1v) is 9.05. The normalized spacial score (nSPS) is 20.0. The number of hydrogen-bond donors (Lipinski definition) is 1. The molecule has 1 amide bonds. The van der Waals surface area contributed by atoms with Gasteiger partial charge in [-0.25, -0.2) is 9.97 Å². The maximum Gasteiger partial charge on any atom is 0.223 e. The fraction of sp³-hybridized carbons (Fsp3) is 0.421. The molecule has 4 heterocycles. The van der Waals surface area contributed by atoms with Gasteiger partial charge < -0.3 is 14.3 Å². The smallest absolute Gasteiger partial charge is 0.223 e. The molecule has 3 aromatic rings. The van der Waals surface area contributed by atoms with Gasteiger partial charge in [-0.05, 0) is 24.5 Å². The molecule has 5 rings (SSSR count). The van der Waals surface area contributed by atoms with Gasteiger partial charge in [0.15, 0.2) is 0 Å². The number of imidazole rings is 2. The Labute approximate surface area is 145 Å². The third-order valence-corrected chi connectivity index (χ3v) is 5.37. The van der Waals surface area contributed by atoms with E-state index >= 15 is 0 Å². The molecule has 1 N–H and O–H groups in total. The van der Waals surface area contributed by atoms with Crippen LogP contribution in [0.5, 0.6) is 0 Å². The maximum atomic E-state index is 12.9. The Hall–Kier alpha value is -2.63. The van der Waals surface area contributed by atoms with E-state index in [0.29, 0.717) is 6.42 Å². The minimum Gasteiger partial charge on any atom is -0.348 e. The molecule has 1 aliphatic carbocycles. The molecular formula is C19H21N5O. The number of aromatic amines is 1. The molecule has 0 radical (unpaired) electrons. The Balaban J connectivity index is 1.52. The van der Waals surface area contributed by atoms with Crippen molar-refractivity contribution >= 4 is 11.6 Å². The van der Waals surface area contributed by atoms with Gasteiger partial charge >= 0.3 is 0 Å². The third-order valence-electron chi connectivity index (χ3n) is 5.37. The monoisotopic (exact) mass is 335 g/mol. The number of fused-ring (bicyclic) bond motifs is 2. The summed E-state index contributed by atoms with van der Waals surface area (Å²) in [5.74, 6) is 0.992. The van der Waals surface area contributed by atoms with E-state index in [1.165, 1.54) is 12.8 Å². The lowest BCUT2D eigenvalue weighted by molar-refractivity contribution is -0.133. The zero-order valence-electron chi connectivity index (χ0n) is 14.1. The van der Waals surface area contributed by atoms with Gasteiger partial charge in [-0.15, -0.1) is 0 Å². The zero-order chi connectivity index (χ0) is 16.8. The van der Waals surface area contributed by atoms with Crippen LogP contribution in [0.25, 0.3) is 5.65 Å². The predicted molar refractivity (Wildman–Crippen MR) is 93.0 cm³/mol. The molecule has 1 aliphatic heterocycles. The van der Waals surface area contributed by atoms with E-state index in [9.17, 15) is 4.79 Å². The summed E-state index contributed by atoms with van der Waals surface area (Å²) in [7, 11) is 0. The van der Waals surface area contributed by atoms with E-state index in [1.54, 1.807) is 6.33 Å². The lowest BCUT2D eigenvalue weighted by Gasteiger charge is -2.34. The summed E-state index contributed by atoms with van der Waals surface area (Å²) < 4.78 is 2.00. The molecule has 0 bridgehead atoms. The van der Waals surface area contributed by atoms with Crippen molar-refractivity contribution < 1.29 is 4.79 Å². The fourth-order valence-corrected chi connectivity index (χ4v) is 3.81. The minimum atomic E-state index is -0.193. The average molecular weight is 335 g/mol. The Bertz CT molecular complexity index is 890. The van der Waals surface area contributed by atoms with Crippen LogP contribution in [0, 0.1) is 5.92 Å². The van der Waals surface area contributed by atoms with Gasteiger partial charge in [0.25, 0.3) is 0 Å². The summed E-state index contributed by atoms with van der Waals surface area (Å²) in [6.45, 7) is 0.719. The number of carbonyl (C=O) groups is 1. The maximum absolute atomic E-state index is 12.9. The van der Waals surface area contributed by atoms with Crippen molar-refractivity contribution in [2.24, 2.45) is 5.92 Å². The summed E-state index contributed by atoms with van der Waals surface area (Å²) in [6.07, 6.45) is 10.8.